The molecular formula is C13H15N3O5S. The summed E-state index contributed by atoms with van der Waals surface area (Å²) in [6.45, 7) is -0.217. The summed E-state index contributed by atoms with van der Waals surface area (Å²) < 4.78 is 0. The third kappa shape index (κ3) is 4.62. The lowest BCUT2D eigenvalue weighted by Crippen LogP contribution is -2.47. The Bertz CT molecular complexity index is 554. The Balaban J connectivity index is 1.88. The molecule has 22 heavy (non-hydrogen) atoms. The zero-order chi connectivity index (χ0) is 15.9. The Hall–Kier alpha value is -2.29. The van der Waals surface area contributed by atoms with Gasteiger partial charge in [0.1, 0.15) is 12.6 Å². The lowest BCUT2D eigenvalue weighted by Gasteiger charge is -2.17. The molecule has 0 aliphatic carbocycles. The largest absolute Gasteiger partial charge is 0.352 e. The Morgan fingerprint density at radius 1 is 1.41 bits per heavy atom. The van der Waals surface area contributed by atoms with E-state index < -0.39 is 11.1 Å². The average molecular weight is 325 g/mol. The van der Waals surface area contributed by atoms with Gasteiger partial charge in [-0.15, -0.1) is 10.1 Å². The fraction of sp³-hybridized carbons (Fsp3) is 0.385. The molecule has 0 aromatic heterocycles. The predicted molar refractivity (Wildman–Crippen MR) is 79.8 cm³/mol. The SMILES string of the molecule is O=C1N[C@@H](C(=O)NCCO[N+](=O)[O-])[C@H](Cc2ccccc2)S1. The van der Waals surface area contributed by atoms with Gasteiger partial charge < -0.3 is 15.5 Å². The molecule has 1 aliphatic rings. The summed E-state index contributed by atoms with van der Waals surface area (Å²) in [5.74, 6) is -0.369. The first-order valence-corrected chi connectivity index (χ1v) is 7.50. The predicted octanol–water partition coefficient (Wildman–Crippen LogP) is 0.747. The van der Waals surface area contributed by atoms with Crippen LogP contribution in [-0.4, -0.2) is 40.7 Å². The second-order valence-corrected chi connectivity index (χ2v) is 5.82. The second-order valence-electron chi connectivity index (χ2n) is 4.60. The quantitative estimate of drug-likeness (QED) is 0.435. The summed E-state index contributed by atoms with van der Waals surface area (Å²) in [5, 5.41) is 13.8. The third-order valence-electron chi connectivity index (χ3n) is 3.06. The normalized spacial score (nSPS) is 20.3. The van der Waals surface area contributed by atoms with Gasteiger partial charge in [0.2, 0.25) is 5.91 Å². The Kier molecular flexibility index (Phi) is 5.59. The number of amides is 2. The smallest absolute Gasteiger partial charge is 0.294 e. The van der Waals surface area contributed by atoms with Crippen molar-refractivity contribution in [2.24, 2.45) is 0 Å². The molecule has 2 N–H and O–H groups in total. The molecular weight excluding hydrogens is 310 g/mol. The van der Waals surface area contributed by atoms with E-state index in [4.69, 9.17) is 0 Å². The maximum absolute atomic E-state index is 12.1. The van der Waals surface area contributed by atoms with E-state index in [2.05, 4.69) is 15.5 Å². The first-order chi connectivity index (χ1) is 10.6. The minimum Gasteiger partial charge on any atom is -0.352 e. The van der Waals surface area contributed by atoms with Crippen molar-refractivity contribution in [3.8, 4) is 0 Å². The van der Waals surface area contributed by atoms with Gasteiger partial charge in [0.05, 0.1) is 0 Å². The third-order valence-corrected chi connectivity index (χ3v) is 4.14. The standard InChI is InChI=1S/C13H15N3O5S/c17-12(14-6-7-21-16(19)20)11-10(22-13(18)15-11)8-9-4-2-1-3-5-9/h1-5,10-11H,6-8H2,(H,14,17)(H,15,18)/t10-,11+/m0/s1. The number of carbonyl (C=O) groups excluding carboxylic acids is 2. The van der Waals surface area contributed by atoms with Crippen molar-refractivity contribution in [1.29, 1.82) is 0 Å². The maximum Gasteiger partial charge on any atom is 0.294 e. The summed E-state index contributed by atoms with van der Waals surface area (Å²) in [4.78, 5) is 37.7. The fourth-order valence-corrected chi connectivity index (χ4v) is 3.18. The molecule has 2 amide bonds. The lowest BCUT2D eigenvalue weighted by molar-refractivity contribution is -0.757. The van der Waals surface area contributed by atoms with E-state index >= 15 is 0 Å². The van der Waals surface area contributed by atoms with E-state index in [1.807, 2.05) is 30.3 Å². The summed E-state index contributed by atoms with van der Waals surface area (Å²) in [5.41, 5.74) is 1.03. The van der Waals surface area contributed by atoms with Crippen LogP contribution in [0, 0.1) is 10.1 Å². The first kappa shape index (κ1) is 16.1. The van der Waals surface area contributed by atoms with E-state index in [-0.39, 0.29) is 29.5 Å². The highest BCUT2D eigenvalue weighted by Gasteiger charge is 2.38. The van der Waals surface area contributed by atoms with Crippen LogP contribution in [0.3, 0.4) is 0 Å². The molecule has 1 saturated heterocycles. The zero-order valence-corrected chi connectivity index (χ0v) is 12.4. The molecule has 0 bridgehead atoms. The van der Waals surface area contributed by atoms with Gasteiger partial charge in [0.15, 0.2) is 0 Å². The molecule has 2 rings (SSSR count). The van der Waals surface area contributed by atoms with Crippen molar-refractivity contribution in [3.05, 3.63) is 46.0 Å². The van der Waals surface area contributed by atoms with Crippen molar-refractivity contribution in [2.45, 2.75) is 17.7 Å². The van der Waals surface area contributed by atoms with Crippen LogP contribution in [0.5, 0.6) is 0 Å². The number of nitrogens with one attached hydrogen (secondary N) is 2. The van der Waals surface area contributed by atoms with Crippen LogP contribution in [0.2, 0.25) is 0 Å². The van der Waals surface area contributed by atoms with E-state index in [0.29, 0.717) is 6.42 Å². The van der Waals surface area contributed by atoms with Gasteiger partial charge in [-0.3, -0.25) is 9.59 Å². The average Bonchev–Trinajstić information content (AvgIpc) is 2.85. The van der Waals surface area contributed by atoms with Crippen LogP contribution in [0.1, 0.15) is 5.56 Å². The molecule has 0 unspecified atom stereocenters. The van der Waals surface area contributed by atoms with Crippen LogP contribution in [0.15, 0.2) is 30.3 Å². The van der Waals surface area contributed by atoms with Crippen molar-refractivity contribution in [3.63, 3.8) is 0 Å². The molecule has 8 nitrogen and oxygen atoms in total. The van der Waals surface area contributed by atoms with E-state index in [1.54, 1.807) is 0 Å². The molecule has 1 aromatic carbocycles. The lowest BCUT2D eigenvalue weighted by atomic mass is 10.0. The van der Waals surface area contributed by atoms with Gasteiger partial charge in [0, 0.05) is 11.8 Å². The number of rotatable bonds is 7. The van der Waals surface area contributed by atoms with Gasteiger partial charge in [-0.05, 0) is 12.0 Å². The summed E-state index contributed by atoms with van der Waals surface area (Å²) in [6, 6.07) is 8.90. The number of nitrogens with zero attached hydrogens (tertiary/aromatic N) is 1. The highest BCUT2D eigenvalue weighted by atomic mass is 32.2. The van der Waals surface area contributed by atoms with Crippen LogP contribution in [-0.2, 0) is 16.1 Å². The first-order valence-electron chi connectivity index (χ1n) is 6.62. The number of hydrogen-bond acceptors (Lipinski definition) is 6. The molecule has 0 spiro atoms. The fourth-order valence-electron chi connectivity index (χ4n) is 2.10. The van der Waals surface area contributed by atoms with Crippen molar-refractivity contribution in [1.82, 2.24) is 10.6 Å². The topological polar surface area (TPSA) is 111 Å². The monoisotopic (exact) mass is 325 g/mol. The highest BCUT2D eigenvalue weighted by molar-refractivity contribution is 8.14. The van der Waals surface area contributed by atoms with E-state index in [9.17, 15) is 19.7 Å². The molecule has 0 radical (unpaired) electrons. The summed E-state index contributed by atoms with van der Waals surface area (Å²) in [7, 11) is 0. The van der Waals surface area contributed by atoms with Gasteiger partial charge >= 0.3 is 0 Å². The molecule has 1 aliphatic heterocycles. The zero-order valence-electron chi connectivity index (χ0n) is 11.6. The molecule has 1 aromatic rings. The van der Waals surface area contributed by atoms with Crippen LogP contribution in [0.25, 0.3) is 0 Å². The van der Waals surface area contributed by atoms with Gasteiger partial charge in [-0.2, -0.15) is 0 Å². The second kappa shape index (κ2) is 7.64. The van der Waals surface area contributed by atoms with Gasteiger partial charge in [-0.25, -0.2) is 0 Å². The molecule has 2 atom stereocenters. The Morgan fingerprint density at radius 3 is 2.82 bits per heavy atom. The van der Waals surface area contributed by atoms with Crippen LogP contribution < -0.4 is 10.6 Å². The summed E-state index contributed by atoms with van der Waals surface area (Å²) in [6.07, 6.45) is 0.577. The van der Waals surface area contributed by atoms with Gasteiger partial charge in [0.25, 0.3) is 10.3 Å². The number of benzene rings is 1. The maximum atomic E-state index is 12.1. The number of hydrogen-bond donors (Lipinski definition) is 2. The minimum atomic E-state index is -0.919. The molecule has 9 heteroatoms. The van der Waals surface area contributed by atoms with Crippen molar-refractivity contribution in [2.75, 3.05) is 13.2 Å². The van der Waals surface area contributed by atoms with Crippen LogP contribution >= 0.6 is 11.8 Å². The van der Waals surface area contributed by atoms with E-state index in [1.165, 1.54) is 0 Å². The van der Waals surface area contributed by atoms with Crippen LogP contribution in [0.4, 0.5) is 4.79 Å². The summed E-state index contributed by atoms with van der Waals surface area (Å²) >= 11 is 1.09. The highest BCUT2D eigenvalue weighted by Crippen LogP contribution is 2.26. The Morgan fingerprint density at radius 2 is 2.14 bits per heavy atom. The number of carbonyl (C=O) groups is 2. The molecule has 0 saturated carbocycles. The Labute approximate surface area is 130 Å². The van der Waals surface area contributed by atoms with Gasteiger partial charge in [-0.1, -0.05) is 42.1 Å². The molecule has 1 fully saturated rings. The molecule has 1 heterocycles. The van der Waals surface area contributed by atoms with E-state index in [0.717, 1.165) is 17.3 Å². The minimum absolute atomic E-state index is 0.00884. The molecule has 118 valence electrons. The number of thioether (sulfide) groups is 1. The van der Waals surface area contributed by atoms with Crippen molar-refractivity contribution >= 4 is 22.9 Å². The van der Waals surface area contributed by atoms with Crippen molar-refractivity contribution < 1.29 is 19.5 Å².